The maximum Gasteiger partial charge on any atom is 0.416 e. The number of nitrogens with zero attached hydrogens (tertiary/aromatic N) is 1. The number of benzene rings is 3. The Morgan fingerprint density at radius 2 is 0.696 bits per heavy atom. The van der Waals surface area contributed by atoms with Crippen molar-refractivity contribution in [2.45, 2.75) is 117 Å². The molecule has 0 aliphatic heterocycles. The average molecular weight is 660 g/mol. The van der Waals surface area contributed by atoms with Crippen LogP contribution in [0.3, 0.4) is 0 Å². The van der Waals surface area contributed by atoms with Gasteiger partial charge in [0.1, 0.15) is 0 Å². The van der Waals surface area contributed by atoms with E-state index >= 15 is 0 Å². The van der Waals surface area contributed by atoms with E-state index in [0.29, 0.717) is 55.2 Å². The van der Waals surface area contributed by atoms with Crippen molar-refractivity contribution in [2.75, 3.05) is 0 Å². The number of halogens is 9. The summed E-state index contributed by atoms with van der Waals surface area (Å²) in [7, 11) is 0. The van der Waals surface area contributed by atoms with Crippen LogP contribution in [0.4, 0.5) is 39.5 Å². The summed E-state index contributed by atoms with van der Waals surface area (Å²) in [5, 5.41) is 0. The molecule has 0 unspecified atom stereocenters. The molecule has 0 spiro atoms. The van der Waals surface area contributed by atoms with Crippen LogP contribution in [0.2, 0.25) is 0 Å². The lowest BCUT2D eigenvalue weighted by Crippen LogP contribution is -2.26. The van der Waals surface area contributed by atoms with E-state index in [4.69, 9.17) is 0 Å². The summed E-state index contributed by atoms with van der Waals surface area (Å²) in [5.41, 5.74) is -0.948. The summed E-state index contributed by atoms with van der Waals surface area (Å²) in [5.74, 6) is 0. The molecule has 0 aliphatic rings. The van der Waals surface area contributed by atoms with E-state index in [-0.39, 0.29) is 55.6 Å². The van der Waals surface area contributed by atoms with E-state index in [1.54, 1.807) is 23.1 Å². The predicted molar refractivity (Wildman–Crippen MR) is 163 cm³/mol. The van der Waals surface area contributed by atoms with Gasteiger partial charge in [0, 0.05) is 19.6 Å². The Balaban J connectivity index is 2.21. The van der Waals surface area contributed by atoms with Crippen LogP contribution >= 0.6 is 0 Å². The second kappa shape index (κ2) is 16.2. The highest BCUT2D eigenvalue weighted by molar-refractivity contribution is 5.41. The Labute approximate surface area is 265 Å². The first kappa shape index (κ1) is 37.4. The Morgan fingerprint density at radius 3 is 0.913 bits per heavy atom. The van der Waals surface area contributed by atoms with Crippen LogP contribution in [-0.4, -0.2) is 4.90 Å². The van der Waals surface area contributed by atoms with E-state index in [1.165, 1.54) is 18.2 Å². The van der Waals surface area contributed by atoms with Crippen molar-refractivity contribution in [2.24, 2.45) is 0 Å². The molecule has 46 heavy (non-hydrogen) atoms. The third kappa shape index (κ3) is 9.99. The van der Waals surface area contributed by atoms with Crippen LogP contribution in [0.15, 0.2) is 54.6 Å². The van der Waals surface area contributed by atoms with Gasteiger partial charge in [-0.1, -0.05) is 76.4 Å². The van der Waals surface area contributed by atoms with Crippen LogP contribution in [0, 0.1) is 0 Å². The lowest BCUT2D eigenvalue weighted by Gasteiger charge is -2.28. The highest BCUT2D eigenvalue weighted by Crippen LogP contribution is 2.38. The maximum absolute atomic E-state index is 14.1. The van der Waals surface area contributed by atoms with Gasteiger partial charge >= 0.3 is 18.5 Å². The standard InChI is InChI=1S/C36H42F9N/c1-4-7-16-28-25(13-10-19-31(28)34(37,38)39)22-46(23-26-14-11-20-32(35(40,41)42)29(26)17-8-5-2)24-27-15-12-21-33(36(43,44)45)30(27)18-9-6-3/h10-15,19-21H,4-9,16-18,22-24H2,1-3H3. The zero-order chi connectivity index (χ0) is 34.1. The average Bonchev–Trinajstić information content (AvgIpc) is 2.97. The smallest absolute Gasteiger partial charge is 0.291 e. The summed E-state index contributed by atoms with van der Waals surface area (Å²) in [6.45, 7) is 5.32. The third-order valence-corrected chi connectivity index (χ3v) is 8.26. The van der Waals surface area contributed by atoms with Crippen molar-refractivity contribution in [3.8, 4) is 0 Å². The van der Waals surface area contributed by atoms with Gasteiger partial charge in [-0.05, 0) is 90.1 Å². The number of rotatable bonds is 15. The second-order valence-electron chi connectivity index (χ2n) is 11.8. The summed E-state index contributed by atoms with van der Waals surface area (Å²) in [6.07, 6.45) is -10.0. The van der Waals surface area contributed by atoms with Crippen molar-refractivity contribution in [3.63, 3.8) is 0 Å². The summed E-state index contributed by atoms with van der Waals surface area (Å²) >= 11 is 0. The molecule has 1 nitrogen and oxygen atoms in total. The van der Waals surface area contributed by atoms with Gasteiger partial charge < -0.3 is 0 Å². The molecule has 0 fully saturated rings. The van der Waals surface area contributed by atoms with Crippen molar-refractivity contribution in [3.05, 3.63) is 105 Å². The largest absolute Gasteiger partial charge is 0.416 e. The first-order valence-corrected chi connectivity index (χ1v) is 15.9. The zero-order valence-electron chi connectivity index (χ0n) is 26.5. The van der Waals surface area contributed by atoms with Gasteiger partial charge in [0.05, 0.1) is 16.7 Å². The lowest BCUT2D eigenvalue weighted by molar-refractivity contribution is -0.139. The Morgan fingerprint density at radius 1 is 0.435 bits per heavy atom. The highest BCUT2D eigenvalue weighted by Gasteiger charge is 2.36. The number of unbranched alkanes of at least 4 members (excludes halogenated alkanes) is 3. The third-order valence-electron chi connectivity index (χ3n) is 8.26. The SMILES string of the molecule is CCCCc1c(CN(Cc2cccc(C(F)(F)F)c2CCCC)Cc2cccc(C(F)(F)F)c2CCCC)cccc1C(F)(F)F. The van der Waals surface area contributed by atoms with Crippen molar-refractivity contribution >= 4 is 0 Å². The molecule has 254 valence electrons. The number of hydrogen-bond donors (Lipinski definition) is 0. The highest BCUT2D eigenvalue weighted by atomic mass is 19.4. The van der Waals surface area contributed by atoms with Crippen LogP contribution in [0.5, 0.6) is 0 Å². The van der Waals surface area contributed by atoms with Crippen molar-refractivity contribution in [1.82, 2.24) is 4.90 Å². The normalized spacial score (nSPS) is 12.7. The predicted octanol–water partition coefficient (Wildman–Crippen LogP) is 12.0. The van der Waals surface area contributed by atoms with Gasteiger partial charge in [-0.15, -0.1) is 0 Å². The van der Waals surface area contributed by atoms with Gasteiger partial charge in [0.15, 0.2) is 0 Å². The molecule has 0 atom stereocenters. The fraction of sp³-hybridized carbons (Fsp3) is 0.500. The quantitative estimate of drug-likeness (QED) is 0.147. The van der Waals surface area contributed by atoms with Gasteiger partial charge in [-0.3, -0.25) is 4.90 Å². The molecular weight excluding hydrogens is 617 g/mol. The van der Waals surface area contributed by atoms with Gasteiger partial charge in [0.25, 0.3) is 0 Å². The van der Waals surface area contributed by atoms with Gasteiger partial charge in [0.2, 0.25) is 0 Å². The lowest BCUT2D eigenvalue weighted by atomic mass is 9.92. The Bertz CT molecular complexity index is 1230. The molecule has 0 N–H and O–H groups in total. The molecular formula is C36H42F9N. The molecule has 0 heterocycles. The Hall–Kier alpha value is -3.01. The molecule has 3 aromatic rings. The van der Waals surface area contributed by atoms with Crippen LogP contribution in [0.25, 0.3) is 0 Å². The fourth-order valence-electron chi connectivity index (χ4n) is 5.98. The minimum Gasteiger partial charge on any atom is -0.291 e. The number of hydrogen-bond acceptors (Lipinski definition) is 1. The molecule has 0 radical (unpaired) electrons. The van der Waals surface area contributed by atoms with E-state index in [2.05, 4.69) is 0 Å². The van der Waals surface area contributed by atoms with Crippen molar-refractivity contribution in [1.29, 1.82) is 0 Å². The topological polar surface area (TPSA) is 3.24 Å². The minimum atomic E-state index is -4.62. The molecule has 0 saturated heterocycles. The molecule has 0 aliphatic carbocycles. The van der Waals surface area contributed by atoms with E-state index in [0.717, 1.165) is 18.2 Å². The van der Waals surface area contributed by atoms with Crippen LogP contribution in [0.1, 0.15) is 109 Å². The molecule has 3 rings (SSSR count). The maximum atomic E-state index is 14.1. The molecule has 0 saturated carbocycles. The molecule has 0 amide bonds. The van der Waals surface area contributed by atoms with Crippen LogP contribution < -0.4 is 0 Å². The summed E-state index contributed by atoms with van der Waals surface area (Å²) in [4.78, 5) is 1.68. The summed E-state index contributed by atoms with van der Waals surface area (Å²) in [6, 6.07) is 11.7. The van der Waals surface area contributed by atoms with Gasteiger partial charge in [-0.2, -0.15) is 39.5 Å². The van der Waals surface area contributed by atoms with E-state index in [1.807, 2.05) is 20.8 Å². The van der Waals surface area contributed by atoms with Crippen molar-refractivity contribution < 1.29 is 39.5 Å². The van der Waals surface area contributed by atoms with Crippen LogP contribution in [-0.2, 0) is 57.4 Å². The first-order chi connectivity index (χ1) is 21.6. The fourth-order valence-corrected chi connectivity index (χ4v) is 5.98. The minimum absolute atomic E-state index is 0.0874. The molecule has 3 aromatic carbocycles. The summed E-state index contributed by atoms with van der Waals surface area (Å²) < 4.78 is 127. The second-order valence-corrected chi connectivity index (χ2v) is 11.8. The number of alkyl halides is 9. The molecule has 0 bridgehead atoms. The zero-order valence-corrected chi connectivity index (χ0v) is 26.5. The van der Waals surface area contributed by atoms with E-state index in [9.17, 15) is 39.5 Å². The molecule has 0 aromatic heterocycles. The molecule has 10 heteroatoms. The monoisotopic (exact) mass is 659 g/mol. The van der Waals surface area contributed by atoms with E-state index < -0.39 is 35.2 Å². The van der Waals surface area contributed by atoms with Gasteiger partial charge in [-0.25, -0.2) is 0 Å². The first-order valence-electron chi connectivity index (χ1n) is 15.9. The Kier molecular flexibility index (Phi) is 13.2.